The Labute approximate surface area is 104 Å². The van der Waals surface area contributed by atoms with Crippen molar-refractivity contribution in [3.05, 3.63) is 29.8 Å². The summed E-state index contributed by atoms with van der Waals surface area (Å²) in [6, 6.07) is 9.81. The Bertz CT molecular complexity index is 388. The number of benzene rings is 1. The molecular weight excluding hydrogens is 208 g/mol. The Morgan fingerprint density at radius 3 is 2.76 bits per heavy atom. The van der Waals surface area contributed by atoms with Crippen LogP contribution in [0.15, 0.2) is 24.3 Å². The predicted molar refractivity (Wildman–Crippen MR) is 72.3 cm³/mol. The maximum Gasteiger partial charge on any atom is 0.0441 e. The Balaban J connectivity index is 1.89. The van der Waals surface area contributed by atoms with Gasteiger partial charge in [-0.1, -0.05) is 31.0 Å². The summed E-state index contributed by atoms with van der Waals surface area (Å²) in [4.78, 5) is 2.59. The molecule has 2 N–H and O–H groups in total. The molecule has 17 heavy (non-hydrogen) atoms. The molecule has 2 atom stereocenters. The first-order valence-corrected chi connectivity index (χ1v) is 6.96. The molecule has 3 rings (SSSR count). The summed E-state index contributed by atoms with van der Waals surface area (Å²) in [5.74, 6) is 0. The van der Waals surface area contributed by atoms with Gasteiger partial charge < -0.3 is 10.6 Å². The lowest BCUT2D eigenvalue weighted by molar-refractivity contribution is 0.359. The van der Waals surface area contributed by atoms with Crippen molar-refractivity contribution in [1.82, 2.24) is 0 Å². The fraction of sp³-hybridized carbons (Fsp3) is 0.600. The van der Waals surface area contributed by atoms with Gasteiger partial charge in [0, 0.05) is 24.3 Å². The van der Waals surface area contributed by atoms with Gasteiger partial charge >= 0.3 is 0 Å². The van der Waals surface area contributed by atoms with Crippen molar-refractivity contribution < 1.29 is 0 Å². The second kappa shape index (κ2) is 4.69. The van der Waals surface area contributed by atoms with Crippen LogP contribution >= 0.6 is 0 Å². The molecule has 2 heteroatoms. The molecule has 1 saturated carbocycles. The van der Waals surface area contributed by atoms with E-state index in [4.69, 9.17) is 5.73 Å². The number of anilines is 1. The Morgan fingerprint density at radius 1 is 1.06 bits per heavy atom. The first kappa shape index (κ1) is 11.1. The SMILES string of the molecule is NC1CCCCC1N1CCCc2ccccc21. The third-order valence-corrected chi connectivity index (χ3v) is 4.33. The third-order valence-electron chi connectivity index (χ3n) is 4.33. The van der Waals surface area contributed by atoms with Crippen LogP contribution in [0.2, 0.25) is 0 Å². The van der Waals surface area contributed by atoms with E-state index >= 15 is 0 Å². The average Bonchev–Trinajstić information content (AvgIpc) is 2.39. The van der Waals surface area contributed by atoms with E-state index in [1.807, 2.05) is 0 Å². The van der Waals surface area contributed by atoms with Gasteiger partial charge in [0.2, 0.25) is 0 Å². The van der Waals surface area contributed by atoms with Gasteiger partial charge in [0.15, 0.2) is 0 Å². The number of aryl methyl sites for hydroxylation is 1. The van der Waals surface area contributed by atoms with E-state index in [1.54, 1.807) is 0 Å². The minimum Gasteiger partial charge on any atom is -0.367 e. The van der Waals surface area contributed by atoms with E-state index in [-0.39, 0.29) is 0 Å². The van der Waals surface area contributed by atoms with E-state index in [9.17, 15) is 0 Å². The van der Waals surface area contributed by atoms with Crippen molar-refractivity contribution in [2.24, 2.45) is 5.73 Å². The van der Waals surface area contributed by atoms with Crippen LogP contribution in [-0.2, 0) is 6.42 Å². The molecule has 1 fully saturated rings. The van der Waals surface area contributed by atoms with Gasteiger partial charge in [0.1, 0.15) is 0 Å². The molecule has 2 nitrogen and oxygen atoms in total. The second-order valence-corrected chi connectivity index (χ2v) is 5.44. The normalized spacial score (nSPS) is 28.9. The van der Waals surface area contributed by atoms with E-state index in [0.29, 0.717) is 12.1 Å². The zero-order valence-electron chi connectivity index (χ0n) is 10.4. The highest BCUT2D eigenvalue weighted by molar-refractivity contribution is 5.56. The van der Waals surface area contributed by atoms with Gasteiger partial charge in [-0.05, 0) is 37.3 Å². The first-order valence-electron chi connectivity index (χ1n) is 6.96. The Hall–Kier alpha value is -1.02. The first-order chi connectivity index (χ1) is 8.36. The molecule has 0 bridgehead atoms. The largest absolute Gasteiger partial charge is 0.367 e. The van der Waals surface area contributed by atoms with E-state index in [2.05, 4.69) is 29.2 Å². The van der Waals surface area contributed by atoms with Crippen LogP contribution in [0.4, 0.5) is 5.69 Å². The molecule has 1 aliphatic carbocycles. The molecule has 1 aromatic carbocycles. The number of para-hydroxylation sites is 1. The maximum absolute atomic E-state index is 6.33. The van der Waals surface area contributed by atoms with Gasteiger partial charge in [-0.15, -0.1) is 0 Å². The Kier molecular flexibility index (Phi) is 3.06. The molecule has 0 radical (unpaired) electrons. The lowest BCUT2D eigenvalue weighted by Crippen LogP contribution is -2.51. The topological polar surface area (TPSA) is 29.3 Å². The molecule has 92 valence electrons. The summed E-state index contributed by atoms with van der Waals surface area (Å²) in [5.41, 5.74) is 9.28. The molecule has 1 heterocycles. The van der Waals surface area contributed by atoms with Crippen LogP contribution in [0, 0.1) is 0 Å². The van der Waals surface area contributed by atoms with Crippen LogP contribution in [-0.4, -0.2) is 18.6 Å². The van der Waals surface area contributed by atoms with Crippen LogP contribution in [0.5, 0.6) is 0 Å². The number of hydrogen-bond donors (Lipinski definition) is 1. The minimum absolute atomic E-state index is 0.370. The summed E-state index contributed by atoms with van der Waals surface area (Å²) in [5, 5.41) is 0. The average molecular weight is 230 g/mol. The highest BCUT2D eigenvalue weighted by atomic mass is 15.2. The Morgan fingerprint density at radius 2 is 1.88 bits per heavy atom. The number of nitrogens with zero attached hydrogens (tertiary/aromatic N) is 1. The number of hydrogen-bond acceptors (Lipinski definition) is 2. The summed E-state index contributed by atoms with van der Waals surface area (Å²) in [6.07, 6.45) is 7.64. The molecule has 0 spiro atoms. The third kappa shape index (κ3) is 2.06. The van der Waals surface area contributed by atoms with Gasteiger partial charge in [-0.3, -0.25) is 0 Å². The fourth-order valence-electron chi connectivity index (χ4n) is 3.43. The number of rotatable bonds is 1. The lowest BCUT2D eigenvalue weighted by atomic mass is 9.87. The van der Waals surface area contributed by atoms with Crippen LogP contribution in [0.1, 0.15) is 37.7 Å². The summed E-state index contributed by atoms with van der Waals surface area (Å²) in [6.45, 7) is 1.19. The maximum atomic E-state index is 6.33. The number of nitrogens with two attached hydrogens (primary N) is 1. The number of fused-ring (bicyclic) bond motifs is 1. The second-order valence-electron chi connectivity index (χ2n) is 5.44. The molecule has 0 aromatic heterocycles. The van der Waals surface area contributed by atoms with Crippen molar-refractivity contribution >= 4 is 5.69 Å². The van der Waals surface area contributed by atoms with Crippen molar-refractivity contribution in [3.8, 4) is 0 Å². The lowest BCUT2D eigenvalue weighted by Gasteiger charge is -2.42. The molecular formula is C15H22N2. The summed E-state index contributed by atoms with van der Waals surface area (Å²) in [7, 11) is 0. The molecule has 2 unspecified atom stereocenters. The quantitative estimate of drug-likeness (QED) is 0.803. The summed E-state index contributed by atoms with van der Waals surface area (Å²) < 4.78 is 0. The molecule has 0 saturated heterocycles. The van der Waals surface area contributed by atoms with Gasteiger partial charge in [0.25, 0.3) is 0 Å². The minimum atomic E-state index is 0.370. The van der Waals surface area contributed by atoms with Gasteiger partial charge in [-0.2, -0.15) is 0 Å². The van der Waals surface area contributed by atoms with Crippen LogP contribution in [0.3, 0.4) is 0 Å². The molecule has 1 aromatic rings. The molecule has 2 aliphatic rings. The van der Waals surface area contributed by atoms with Crippen molar-refractivity contribution in [2.45, 2.75) is 50.6 Å². The van der Waals surface area contributed by atoms with Gasteiger partial charge in [-0.25, -0.2) is 0 Å². The van der Waals surface area contributed by atoms with Crippen molar-refractivity contribution in [3.63, 3.8) is 0 Å². The van der Waals surface area contributed by atoms with Crippen molar-refractivity contribution in [2.75, 3.05) is 11.4 Å². The van der Waals surface area contributed by atoms with Crippen LogP contribution < -0.4 is 10.6 Å². The van der Waals surface area contributed by atoms with E-state index in [1.165, 1.54) is 56.3 Å². The smallest absolute Gasteiger partial charge is 0.0441 e. The molecule has 0 amide bonds. The predicted octanol–water partition coefficient (Wildman–Crippen LogP) is 2.71. The highest BCUT2D eigenvalue weighted by Gasteiger charge is 2.30. The van der Waals surface area contributed by atoms with E-state index < -0.39 is 0 Å². The monoisotopic (exact) mass is 230 g/mol. The van der Waals surface area contributed by atoms with E-state index in [0.717, 1.165) is 0 Å². The molecule has 1 aliphatic heterocycles. The highest BCUT2D eigenvalue weighted by Crippen LogP contribution is 2.32. The van der Waals surface area contributed by atoms with Crippen molar-refractivity contribution in [1.29, 1.82) is 0 Å². The summed E-state index contributed by atoms with van der Waals surface area (Å²) >= 11 is 0. The van der Waals surface area contributed by atoms with Crippen LogP contribution in [0.25, 0.3) is 0 Å². The zero-order chi connectivity index (χ0) is 11.7. The standard InChI is InChI=1S/C15H22N2/c16-13-8-2-4-10-15(13)17-11-5-7-12-6-1-3-9-14(12)17/h1,3,6,9,13,15H,2,4-5,7-8,10-11,16H2. The van der Waals surface area contributed by atoms with Gasteiger partial charge in [0.05, 0.1) is 0 Å². The zero-order valence-corrected chi connectivity index (χ0v) is 10.4. The fourth-order valence-corrected chi connectivity index (χ4v) is 3.43.